The van der Waals surface area contributed by atoms with E-state index in [1.807, 2.05) is 18.2 Å². The Morgan fingerprint density at radius 2 is 1.50 bits per heavy atom. The summed E-state index contributed by atoms with van der Waals surface area (Å²) in [6.45, 7) is 4.95. The van der Waals surface area contributed by atoms with Gasteiger partial charge in [0.05, 0.1) is 14.2 Å². The quantitative estimate of drug-likeness (QED) is 0.363. The Labute approximate surface area is 168 Å². The molecule has 0 radical (unpaired) electrons. The topological polar surface area (TPSA) is 71.1 Å². The van der Waals surface area contributed by atoms with Gasteiger partial charge in [-0.2, -0.15) is 0 Å². The molecule has 1 aromatic rings. The highest BCUT2D eigenvalue weighted by atomic mass is 16.6. The van der Waals surface area contributed by atoms with E-state index in [-0.39, 0.29) is 24.1 Å². The molecule has 0 unspecified atom stereocenters. The molecule has 0 heterocycles. The summed E-state index contributed by atoms with van der Waals surface area (Å²) in [6.07, 6.45) is 5.26. The van der Waals surface area contributed by atoms with Gasteiger partial charge in [-0.3, -0.25) is 9.59 Å². The zero-order valence-corrected chi connectivity index (χ0v) is 17.8. The molecule has 0 aliphatic carbocycles. The lowest BCUT2D eigenvalue weighted by Crippen LogP contribution is -2.27. The number of carbonyl (C=O) groups is 2. The van der Waals surface area contributed by atoms with Crippen molar-refractivity contribution in [2.75, 3.05) is 14.2 Å². The van der Waals surface area contributed by atoms with Crippen LogP contribution in [0.3, 0.4) is 0 Å². The van der Waals surface area contributed by atoms with E-state index < -0.39 is 0 Å². The fourth-order valence-electron chi connectivity index (χ4n) is 3.20. The number of hydrogen-bond donors (Lipinski definition) is 0. The summed E-state index contributed by atoms with van der Waals surface area (Å²) in [5.74, 6) is 0.713. The summed E-state index contributed by atoms with van der Waals surface area (Å²) >= 11 is 0. The molecule has 0 amide bonds. The molecule has 1 aromatic carbocycles. The Hall–Kier alpha value is -2.24. The highest BCUT2D eigenvalue weighted by Crippen LogP contribution is 2.28. The van der Waals surface area contributed by atoms with E-state index in [1.54, 1.807) is 14.2 Å². The van der Waals surface area contributed by atoms with Gasteiger partial charge in [0.25, 0.3) is 0 Å². The summed E-state index contributed by atoms with van der Waals surface area (Å²) in [4.78, 5) is 23.0. The van der Waals surface area contributed by atoms with E-state index in [0.717, 1.165) is 31.2 Å². The Balaban J connectivity index is 2.77. The van der Waals surface area contributed by atoms with Crippen molar-refractivity contribution in [1.82, 2.24) is 0 Å². The van der Waals surface area contributed by atoms with E-state index in [0.29, 0.717) is 30.8 Å². The van der Waals surface area contributed by atoms with Gasteiger partial charge in [-0.25, -0.2) is 0 Å². The Morgan fingerprint density at radius 3 is 2.04 bits per heavy atom. The molecule has 0 spiro atoms. The predicted octanol–water partition coefficient (Wildman–Crippen LogP) is 4.47. The number of aryl methyl sites for hydroxylation is 1. The average molecular weight is 395 g/mol. The lowest BCUT2D eigenvalue weighted by Gasteiger charge is -2.23. The second-order valence-corrected chi connectivity index (χ2v) is 6.92. The third kappa shape index (κ3) is 9.11. The van der Waals surface area contributed by atoms with Gasteiger partial charge in [-0.15, -0.1) is 0 Å². The first-order valence-electron chi connectivity index (χ1n) is 9.94. The SMILES string of the molecule is CCCCC[C@@H](C[C@@H](CCc1ccc(OC)c(OC)c1)OC(C)=O)OC(C)=O. The highest BCUT2D eigenvalue weighted by Gasteiger charge is 2.21. The first-order valence-corrected chi connectivity index (χ1v) is 9.94. The van der Waals surface area contributed by atoms with E-state index in [9.17, 15) is 9.59 Å². The van der Waals surface area contributed by atoms with Crippen LogP contribution in [0.1, 0.15) is 64.9 Å². The van der Waals surface area contributed by atoms with Crippen LogP contribution in [0.2, 0.25) is 0 Å². The van der Waals surface area contributed by atoms with Crippen molar-refractivity contribution in [1.29, 1.82) is 0 Å². The maximum Gasteiger partial charge on any atom is 0.302 e. The van der Waals surface area contributed by atoms with Crippen LogP contribution in [-0.2, 0) is 25.5 Å². The molecule has 2 atom stereocenters. The lowest BCUT2D eigenvalue weighted by atomic mass is 9.99. The smallest absolute Gasteiger partial charge is 0.302 e. The number of ether oxygens (including phenoxy) is 4. The highest BCUT2D eigenvalue weighted by molar-refractivity contribution is 5.66. The fraction of sp³-hybridized carbons (Fsp3) is 0.636. The minimum absolute atomic E-state index is 0.237. The third-order valence-corrected chi connectivity index (χ3v) is 4.52. The van der Waals surface area contributed by atoms with Gasteiger partial charge >= 0.3 is 11.9 Å². The van der Waals surface area contributed by atoms with E-state index in [2.05, 4.69) is 6.92 Å². The van der Waals surface area contributed by atoms with Gasteiger partial charge < -0.3 is 18.9 Å². The number of esters is 2. The van der Waals surface area contributed by atoms with Crippen LogP contribution in [0.25, 0.3) is 0 Å². The van der Waals surface area contributed by atoms with Crippen molar-refractivity contribution in [2.24, 2.45) is 0 Å². The molecule has 0 N–H and O–H groups in total. The monoisotopic (exact) mass is 394 g/mol. The lowest BCUT2D eigenvalue weighted by molar-refractivity contribution is -0.153. The molecular formula is C22H34O6. The Bertz CT molecular complexity index is 613. The van der Waals surface area contributed by atoms with Crippen molar-refractivity contribution >= 4 is 11.9 Å². The molecule has 0 saturated carbocycles. The summed E-state index contributed by atoms with van der Waals surface area (Å²) in [5, 5.41) is 0. The average Bonchev–Trinajstić information content (AvgIpc) is 2.65. The van der Waals surface area contributed by atoms with Crippen LogP contribution in [0.5, 0.6) is 11.5 Å². The first kappa shape index (κ1) is 23.8. The van der Waals surface area contributed by atoms with Crippen molar-refractivity contribution in [2.45, 2.75) is 77.9 Å². The number of benzene rings is 1. The maximum atomic E-state index is 11.5. The molecule has 0 saturated heterocycles. The number of hydrogen-bond acceptors (Lipinski definition) is 6. The molecule has 0 bridgehead atoms. The second-order valence-electron chi connectivity index (χ2n) is 6.92. The van der Waals surface area contributed by atoms with Crippen LogP contribution in [0, 0.1) is 0 Å². The Kier molecular flexibility index (Phi) is 11.1. The van der Waals surface area contributed by atoms with Crippen LogP contribution in [-0.4, -0.2) is 38.4 Å². The van der Waals surface area contributed by atoms with Crippen molar-refractivity contribution in [3.63, 3.8) is 0 Å². The van der Waals surface area contributed by atoms with E-state index in [1.165, 1.54) is 13.8 Å². The molecule has 0 aliphatic rings. The minimum Gasteiger partial charge on any atom is -0.493 e. The van der Waals surface area contributed by atoms with Crippen molar-refractivity contribution in [3.05, 3.63) is 23.8 Å². The summed E-state index contributed by atoms with van der Waals surface area (Å²) in [5.41, 5.74) is 1.06. The standard InChI is InChI=1S/C22H34O6/c1-6-7-8-9-19(27-16(2)23)15-20(28-17(3)24)12-10-18-11-13-21(25-4)22(14-18)26-5/h11,13-14,19-20H,6-10,12,15H2,1-5H3/t19-,20+/m0/s1. The molecular weight excluding hydrogens is 360 g/mol. The molecule has 1 rings (SSSR count). The maximum absolute atomic E-state index is 11.5. The van der Waals surface area contributed by atoms with Gasteiger partial charge in [-0.1, -0.05) is 25.8 Å². The minimum atomic E-state index is -0.326. The van der Waals surface area contributed by atoms with Gasteiger partial charge in [-0.05, 0) is 43.4 Å². The van der Waals surface area contributed by atoms with Gasteiger partial charge in [0.15, 0.2) is 11.5 Å². The number of unbranched alkanes of at least 4 members (excludes halogenated alkanes) is 2. The molecule has 158 valence electrons. The van der Waals surface area contributed by atoms with Crippen molar-refractivity contribution in [3.8, 4) is 11.5 Å². The molecule has 0 fully saturated rings. The predicted molar refractivity (Wildman–Crippen MR) is 108 cm³/mol. The number of methoxy groups -OCH3 is 2. The van der Waals surface area contributed by atoms with Crippen molar-refractivity contribution < 1.29 is 28.5 Å². The van der Waals surface area contributed by atoms with Crippen LogP contribution in [0.15, 0.2) is 18.2 Å². The Morgan fingerprint density at radius 1 is 0.893 bits per heavy atom. The normalized spacial score (nSPS) is 12.8. The van der Waals surface area contributed by atoms with E-state index >= 15 is 0 Å². The van der Waals surface area contributed by atoms with Gasteiger partial charge in [0, 0.05) is 20.3 Å². The second kappa shape index (κ2) is 13.0. The fourth-order valence-corrected chi connectivity index (χ4v) is 3.20. The zero-order valence-electron chi connectivity index (χ0n) is 17.8. The van der Waals surface area contributed by atoms with Gasteiger partial charge in [0.1, 0.15) is 12.2 Å². The zero-order chi connectivity index (χ0) is 20.9. The molecule has 6 heteroatoms. The van der Waals surface area contributed by atoms with Crippen LogP contribution in [0.4, 0.5) is 0 Å². The third-order valence-electron chi connectivity index (χ3n) is 4.52. The summed E-state index contributed by atoms with van der Waals surface area (Å²) < 4.78 is 21.6. The number of carbonyl (C=O) groups excluding carboxylic acids is 2. The molecule has 0 aliphatic heterocycles. The first-order chi connectivity index (χ1) is 13.4. The number of rotatable bonds is 13. The summed E-state index contributed by atoms with van der Waals surface area (Å²) in [6, 6.07) is 5.76. The molecule has 28 heavy (non-hydrogen) atoms. The summed E-state index contributed by atoms with van der Waals surface area (Å²) in [7, 11) is 3.20. The van der Waals surface area contributed by atoms with E-state index in [4.69, 9.17) is 18.9 Å². The molecule has 6 nitrogen and oxygen atoms in total. The largest absolute Gasteiger partial charge is 0.493 e. The van der Waals surface area contributed by atoms with Crippen LogP contribution >= 0.6 is 0 Å². The van der Waals surface area contributed by atoms with Gasteiger partial charge in [0.2, 0.25) is 0 Å². The molecule has 0 aromatic heterocycles. The van der Waals surface area contributed by atoms with Crippen LogP contribution < -0.4 is 9.47 Å².